The zero-order valence-electron chi connectivity index (χ0n) is 20.7. The van der Waals surface area contributed by atoms with Crippen molar-refractivity contribution in [1.29, 1.82) is 0 Å². The van der Waals surface area contributed by atoms with E-state index in [1.54, 1.807) is 6.20 Å². The number of hydrogen-bond donors (Lipinski definition) is 3. The lowest BCUT2D eigenvalue weighted by molar-refractivity contribution is -0.123. The number of ether oxygens (including phenoxy) is 1. The fourth-order valence-electron chi connectivity index (χ4n) is 5.32. The summed E-state index contributed by atoms with van der Waals surface area (Å²) in [5.41, 5.74) is 5.33. The first-order valence-electron chi connectivity index (χ1n) is 12.5. The molecule has 0 spiro atoms. The van der Waals surface area contributed by atoms with Crippen molar-refractivity contribution in [2.75, 3.05) is 23.8 Å². The number of primary amides is 1. The minimum Gasteiger partial charge on any atom is -0.381 e. The number of amides is 1. The Morgan fingerprint density at radius 2 is 1.86 bits per heavy atom. The largest absolute Gasteiger partial charge is 0.381 e. The van der Waals surface area contributed by atoms with Crippen LogP contribution in [-0.4, -0.2) is 44.7 Å². The van der Waals surface area contributed by atoms with E-state index < -0.39 is 28.7 Å². The summed E-state index contributed by atoms with van der Waals surface area (Å²) in [5.74, 6) is -2.95. The molecule has 198 valence electrons. The highest BCUT2D eigenvalue weighted by Crippen LogP contribution is 2.42. The van der Waals surface area contributed by atoms with Gasteiger partial charge in [-0.3, -0.25) is 9.36 Å². The van der Waals surface area contributed by atoms with Gasteiger partial charge < -0.3 is 21.1 Å². The summed E-state index contributed by atoms with van der Waals surface area (Å²) in [6.45, 7) is 5.36. The number of imidazole rings is 1. The monoisotopic (exact) mass is 517 g/mol. The predicted octanol–water partition coefficient (Wildman–Crippen LogP) is 4.21. The zero-order valence-corrected chi connectivity index (χ0v) is 20.7. The number of halogens is 3. The number of rotatable bonds is 6. The van der Waals surface area contributed by atoms with E-state index in [1.165, 1.54) is 0 Å². The maximum atomic E-state index is 14.5. The molecule has 12 heteroatoms. The van der Waals surface area contributed by atoms with E-state index in [0.29, 0.717) is 68.1 Å². The Bertz CT molecular complexity index is 1300. The van der Waals surface area contributed by atoms with Crippen molar-refractivity contribution >= 4 is 34.7 Å². The van der Waals surface area contributed by atoms with Crippen molar-refractivity contribution in [2.45, 2.75) is 57.5 Å². The molecule has 1 amide bonds. The van der Waals surface area contributed by atoms with E-state index in [9.17, 15) is 18.0 Å². The lowest BCUT2D eigenvalue weighted by Crippen LogP contribution is -2.39. The molecule has 0 radical (unpaired) electrons. The van der Waals surface area contributed by atoms with Crippen LogP contribution in [-0.2, 0) is 15.1 Å². The van der Waals surface area contributed by atoms with Crippen molar-refractivity contribution in [3.05, 3.63) is 35.8 Å². The van der Waals surface area contributed by atoms with Crippen LogP contribution in [0, 0.1) is 29.3 Å². The Balaban J connectivity index is 1.57. The summed E-state index contributed by atoms with van der Waals surface area (Å²) in [6, 6.07) is 1.34. The molecule has 2 aromatic heterocycles. The summed E-state index contributed by atoms with van der Waals surface area (Å²) in [4.78, 5) is 25.5. The fourth-order valence-corrected chi connectivity index (χ4v) is 5.32. The number of carbonyl (C=O) groups excluding carboxylic acids is 1. The topological polar surface area (TPSA) is 120 Å². The number of aromatic nitrogens is 4. The zero-order chi connectivity index (χ0) is 26.3. The second-order valence-corrected chi connectivity index (χ2v) is 10.3. The Morgan fingerprint density at radius 3 is 2.51 bits per heavy atom. The second kappa shape index (κ2) is 9.81. The van der Waals surface area contributed by atoms with Crippen LogP contribution in [0.3, 0.4) is 0 Å². The van der Waals surface area contributed by atoms with Crippen LogP contribution in [0.4, 0.5) is 30.8 Å². The Morgan fingerprint density at radius 1 is 1.16 bits per heavy atom. The summed E-state index contributed by atoms with van der Waals surface area (Å²) < 4.78 is 49.9. The van der Waals surface area contributed by atoms with Gasteiger partial charge in [0.15, 0.2) is 17.3 Å². The molecule has 2 atom stereocenters. The molecule has 4 N–H and O–H groups in total. The van der Waals surface area contributed by atoms with E-state index in [1.807, 2.05) is 11.5 Å². The maximum absolute atomic E-state index is 14.5. The molecule has 37 heavy (non-hydrogen) atoms. The molecule has 2 fully saturated rings. The molecular weight excluding hydrogens is 487 g/mol. The molecule has 0 bridgehead atoms. The molecule has 0 unspecified atom stereocenters. The normalized spacial score (nSPS) is 26.2. The lowest BCUT2D eigenvalue weighted by Gasteiger charge is -2.38. The number of nitrogens with one attached hydrogen (secondary N) is 2. The standard InChI is InChI=1S/C25H30F3N7O2/c1-13-12-37-8-5-18(13)31-23-30-11-19-22(34-23)35(25(2)6-3-14(4-7-25)21(29)36)24(32-19)33-20-16(27)9-15(26)10-17(20)28/h9-11,13-14,18H,3-8,12H2,1-2H3,(H2,29,36)(H,32,33)(H,30,31,34)/t13-,14?,18-,25?/m1/s1. The van der Waals surface area contributed by atoms with Crippen molar-refractivity contribution in [3.8, 4) is 0 Å². The number of hydrogen-bond acceptors (Lipinski definition) is 7. The van der Waals surface area contributed by atoms with Gasteiger partial charge in [0.2, 0.25) is 17.8 Å². The maximum Gasteiger partial charge on any atom is 0.224 e. The molecule has 5 rings (SSSR count). The number of nitrogens with two attached hydrogens (primary N) is 1. The quantitative estimate of drug-likeness (QED) is 0.448. The molecule has 1 saturated carbocycles. The lowest BCUT2D eigenvalue weighted by atomic mass is 9.77. The Hall–Kier alpha value is -3.41. The highest BCUT2D eigenvalue weighted by Gasteiger charge is 2.38. The number of carbonyl (C=O) groups is 1. The van der Waals surface area contributed by atoms with Gasteiger partial charge in [-0.1, -0.05) is 6.92 Å². The van der Waals surface area contributed by atoms with E-state index in [0.717, 1.165) is 6.42 Å². The van der Waals surface area contributed by atoms with Gasteiger partial charge in [0.05, 0.1) is 12.8 Å². The van der Waals surface area contributed by atoms with Crippen LogP contribution in [0.15, 0.2) is 18.3 Å². The van der Waals surface area contributed by atoms with E-state index >= 15 is 0 Å². The van der Waals surface area contributed by atoms with Gasteiger partial charge in [-0.2, -0.15) is 4.98 Å². The highest BCUT2D eigenvalue weighted by molar-refractivity contribution is 5.78. The number of fused-ring (bicyclic) bond motifs is 1. The van der Waals surface area contributed by atoms with Crippen LogP contribution < -0.4 is 16.4 Å². The SMILES string of the molecule is C[C@@H]1COCC[C@H]1Nc1ncc2nc(Nc3c(F)cc(F)cc3F)n(C3(C)CCC(C(N)=O)CC3)c2n1. The van der Waals surface area contributed by atoms with Crippen LogP contribution in [0.5, 0.6) is 0 Å². The van der Waals surface area contributed by atoms with E-state index in [-0.39, 0.29) is 29.7 Å². The molecular formula is C25H30F3N7O2. The van der Waals surface area contributed by atoms with Crippen LogP contribution in [0.2, 0.25) is 0 Å². The summed E-state index contributed by atoms with van der Waals surface area (Å²) in [7, 11) is 0. The van der Waals surface area contributed by atoms with E-state index in [2.05, 4.69) is 27.5 Å². The van der Waals surface area contributed by atoms with Gasteiger partial charge in [0, 0.05) is 36.2 Å². The molecule has 1 saturated heterocycles. The van der Waals surface area contributed by atoms with Gasteiger partial charge in [-0.05, 0) is 44.9 Å². The fraction of sp³-hybridized carbons (Fsp3) is 0.520. The third-order valence-electron chi connectivity index (χ3n) is 7.60. The number of anilines is 3. The summed E-state index contributed by atoms with van der Waals surface area (Å²) in [6.07, 6.45) is 4.62. The second-order valence-electron chi connectivity index (χ2n) is 10.3. The highest BCUT2D eigenvalue weighted by atomic mass is 19.1. The van der Waals surface area contributed by atoms with Gasteiger partial charge in [0.25, 0.3) is 0 Å². The third kappa shape index (κ3) is 4.94. The number of nitrogens with zero attached hydrogens (tertiary/aromatic N) is 4. The Labute approximate surface area is 212 Å². The average molecular weight is 518 g/mol. The van der Waals surface area contributed by atoms with E-state index in [4.69, 9.17) is 15.5 Å². The van der Waals surface area contributed by atoms with Crippen molar-refractivity contribution in [1.82, 2.24) is 19.5 Å². The molecule has 1 aliphatic heterocycles. The molecule has 3 aromatic rings. The van der Waals surface area contributed by atoms with Crippen molar-refractivity contribution < 1.29 is 22.7 Å². The predicted molar refractivity (Wildman–Crippen MR) is 132 cm³/mol. The first-order valence-corrected chi connectivity index (χ1v) is 12.5. The minimum absolute atomic E-state index is 0.129. The average Bonchev–Trinajstić information content (AvgIpc) is 3.21. The summed E-state index contributed by atoms with van der Waals surface area (Å²) >= 11 is 0. The van der Waals surface area contributed by atoms with Crippen LogP contribution in [0.1, 0.15) is 46.0 Å². The van der Waals surface area contributed by atoms with Crippen molar-refractivity contribution in [2.24, 2.45) is 17.6 Å². The van der Waals surface area contributed by atoms with Crippen LogP contribution in [0.25, 0.3) is 11.2 Å². The van der Waals surface area contributed by atoms with Gasteiger partial charge >= 0.3 is 0 Å². The molecule has 1 aliphatic carbocycles. The first kappa shape index (κ1) is 25.2. The van der Waals surface area contributed by atoms with Crippen LogP contribution >= 0.6 is 0 Å². The molecule has 3 heterocycles. The van der Waals surface area contributed by atoms with Gasteiger partial charge in [0.1, 0.15) is 17.0 Å². The Kier molecular flexibility index (Phi) is 6.69. The third-order valence-corrected chi connectivity index (χ3v) is 7.60. The molecule has 9 nitrogen and oxygen atoms in total. The minimum atomic E-state index is -1.08. The van der Waals surface area contributed by atoms with Gasteiger partial charge in [-0.25, -0.2) is 23.1 Å². The first-order chi connectivity index (χ1) is 17.6. The van der Waals surface area contributed by atoms with Gasteiger partial charge in [-0.15, -0.1) is 0 Å². The number of benzene rings is 1. The molecule has 2 aliphatic rings. The van der Waals surface area contributed by atoms with Crippen molar-refractivity contribution in [3.63, 3.8) is 0 Å². The smallest absolute Gasteiger partial charge is 0.224 e. The molecule has 1 aromatic carbocycles. The summed E-state index contributed by atoms with van der Waals surface area (Å²) in [5, 5.41) is 6.11.